The van der Waals surface area contributed by atoms with Crippen molar-refractivity contribution < 1.29 is 9.53 Å². The van der Waals surface area contributed by atoms with Crippen molar-refractivity contribution in [3.8, 4) is 5.75 Å². The summed E-state index contributed by atoms with van der Waals surface area (Å²) in [5.41, 5.74) is 1.37. The number of amides is 1. The number of ether oxygens (including phenoxy) is 1. The Balaban J connectivity index is 0.00000243. The van der Waals surface area contributed by atoms with E-state index in [1.165, 1.54) is 18.4 Å². The number of carbonyl (C=O) groups excluding carboxylic acids is 1. The van der Waals surface area contributed by atoms with E-state index < -0.39 is 0 Å². The Morgan fingerprint density at radius 3 is 2.58 bits per heavy atom. The molecule has 0 saturated carbocycles. The van der Waals surface area contributed by atoms with Gasteiger partial charge in [0, 0.05) is 18.5 Å². The number of nitrogens with one attached hydrogen (secondary N) is 2. The molecule has 2 heterocycles. The second kappa shape index (κ2) is 9.09. The van der Waals surface area contributed by atoms with Gasteiger partial charge in [0.05, 0.1) is 6.54 Å². The third kappa shape index (κ3) is 5.88. The maximum absolute atomic E-state index is 12.2. The van der Waals surface area contributed by atoms with Crippen LogP contribution in [0.4, 0.5) is 0 Å². The van der Waals surface area contributed by atoms with Gasteiger partial charge in [-0.25, -0.2) is 0 Å². The van der Waals surface area contributed by atoms with Gasteiger partial charge >= 0.3 is 0 Å². The Hall–Kier alpha value is -1.26. The van der Waals surface area contributed by atoms with E-state index in [1.54, 1.807) is 0 Å². The molecule has 2 atom stereocenters. The van der Waals surface area contributed by atoms with Gasteiger partial charge in [-0.3, -0.25) is 4.79 Å². The van der Waals surface area contributed by atoms with Crippen LogP contribution in [0.2, 0.25) is 0 Å². The summed E-state index contributed by atoms with van der Waals surface area (Å²) in [7, 11) is 0. The Bertz CT molecular complexity index is 588. The van der Waals surface area contributed by atoms with E-state index in [0.717, 1.165) is 18.6 Å². The molecule has 1 amide bonds. The van der Waals surface area contributed by atoms with Crippen molar-refractivity contribution >= 4 is 18.3 Å². The summed E-state index contributed by atoms with van der Waals surface area (Å²) in [5, 5.41) is 6.64. The molecule has 1 aromatic rings. The largest absolute Gasteiger partial charge is 0.492 e. The lowest BCUT2D eigenvalue weighted by atomic mass is 9.87. The molecule has 26 heavy (non-hydrogen) atoms. The first-order chi connectivity index (χ1) is 11.9. The SMILES string of the molecule is CC(C)(C)c1cccc(OCCNC(=O)CC2CC3CCC(C2)N3)c1.Cl. The molecule has 0 spiro atoms. The Kier molecular flexibility index (Phi) is 7.36. The average Bonchev–Trinajstić information content (AvgIpc) is 2.90. The second-order valence-corrected chi connectivity index (χ2v) is 8.66. The Morgan fingerprint density at radius 1 is 1.23 bits per heavy atom. The van der Waals surface area contributed by atoms with Crippen LogP contribution in [-0.2, 0) is 10.2 Å². The normalized spacial score (nSPS) is 24.7. The predicted octanol–water partition coefficient (Wildman–Crippen LogP) is 3.82. The third-order valence-electron chi connectivity index (χ3n) is 5.44. The summed E-state index contributed by atoms with van der Waals surface area (Å²) in [5.74, 6) is 1.58. The van der Waals surface area contributed by atoms with E-state index in [9.17, 15) is 4.79 Å². The zero-order valence-corrected chi connectivity index (χ0v) is 17.0. The van der Waals surface area contributed by atoms with Gasteiger partial charge in [-0.15, -0.1) is 12.4 Å². The van der Waals surface area contributed by atoms with E-state index in [0.29, 0.717) is 37.6 Å². The molecule has 2 aliphatic heterocycles. The first-order valence-electron chi connectivity index (χ1n) is 9.66. The Labute approximate surface area is 163 Å². The van der Waals surface area contributed by atoms with Crippen LogP contribution in [0.1, 0.15) is 58.4 Å². The first-order valence-corrected chi connectivity index (χ1v) is 9.66. The molecule has 2 fully saturated rings. The van der Waals surface area contributed by atoms with Gasteiger partial charge in [0.1, 0.15) is 12.4 Å². The van der Waals surface area contributed by atoms with Crippen molar-refractivity contribution in [1.29, 1.82) is 0 Å². The molecular weight excluding hydrogens is 348 g/mol. The number of halogens is 1. The summed E-state index contributed by atoms with van der Waals surface area (Å²) in [6.07, 6.45) is 5.53. The standard InChI is InChI=1S/C21H32N2O2.ClH/c1-21(2,3)16-5-4-6-19(14-16)25-10-9-22-20(24)13-15-11-17-7-8-18(12-15)23-17;/h4-6,14-15,17-18,23H,7-13H2,1-3H3,(H,22,24);1H. The number of benzene rings is 1. The van der Waals surface area contributed by atoms with Gasteiger partial charge < -0.3 is 15.4 Å². The molecule has 3 rings (SSSR count). The molecule has 2 N–H and O–H groups in total. The Morgan fingerprint density at radius 2 is 1.92 bits per heavy atom. The molecule has 0 aliphatic carbocycles. The van der Waals surface area contributed by atoms with E-state index in [4.69, 9.17) is 4.74 Å². The van der Waals surface area contributed by atoms with Crippen LogP contribution in [-0.4, -0.2) is 31.1 Å². The minimum absolute atomic E-state index is 0. The first kappa shape index (κ1) is 21.0. The monoisotopic (exact) mass is 380 g/mol. The van der Waals surface area contributed by atoms with Crippen LogP contribution >= 0.6 is 12.4 Å². The third-order valence-corrected chi connectivity index (χ3v) is 5.44. The van der Waals surface area contributed by atoms with Crippen molar-refractivity contribution in [3.63, 3.8) is 0 Å². The number of hydrogen-bond acceptors (Lipinski definition) is 3. The van der Waals surface area contributed by atoms with Crippen LogP contribution in [0.5, 0.6) is 5.75 Å². The highest BCUT2D eigenvalue weighted by Gasteiger charge is 2.34. The zero-order valence-electron chi connectivity index (χ0n) is 16.2. The molecule has 0 aromatic heterocycles. The second-order valence-electron chi connectivity index (χ2n) is 8.66. The highest BCUT2D eigenvalue weighted by atomic mass is 35.5. The van der Waals surface area contributed by atoms with Crippen molar-refractivity contribution in [2.45, 2.75) is 70.4 Å². The van der Waals surface area contributed by atoms with Crippen LogP contribution in [0.3, 0.4) is 0 Å². The summed E-state index contributed by atoms with van der Waals surface area (Å²) in [4.78, 5) is 12.2. The van der Waals surface area contributed by atoms with Crippen LogP contribution in [0, 0.1) is 5.92 Å². The molecule has 2 unspecified atom stereocenters. The molecule has 2 saturated heterocycles. The lowest BCUT2D eigenvalue weighted by Gasteiger charge is -2.28. The van der Waals surface area contributed by atoms with Gasteiger partial charge in [0.25, 0.3) is 0 Å². The van der Waals surface area contributed by atoms with Gasteiger partial charge in [-0.05, 0) is 54.7 Å². The molecule has 2 aliphatic rings. The van der Waals surface area contributed by atoms with Crippen molar-refractivity contribution in [2.24, 2.45) is 5.92 Å². The summed E-state index contributed by atoms with van der Waals surface area (Å²) < 4.78 is 5.80. The molecule has 1 aromatic carbocycles. The lowest BCUT2D eigenvalue weighted by molar-refractivity contribution is -0.122. The number of fused-ring (bicyclic) bond motifs is 2. The topological polar surface area (TPSA) is 50.4 Å². The quantitative estimate of drug-likeness (QED) is 0.737. The van der Waals surface area contributed by atoms with Gasteiger partial charge in [0.15, 0.2) is 0 Å². The van der Waals surface area contributed by atoms with E-state index >= 15 is 0 Å². The van der Waals surface area contributed by atoms with Crippen LogP contribution in [0.15, 0.2) is 24.3 Å². The summed E-state index contributed by atoms with van der Waals surface area (Å²) in [6, 6.07) is 9.51. The number of piperidine rings is 1. The molecular formula is C21H33ClN2O2. The molecule has 2 bridgehead atoms. The molecule has 0 radical (unpaired) electrons. The van der Waals surface area contributed by atoms with Crippen molar-refractivity contribution in [2.75, 3.05) is 13.2 Å². The van der Waals surface area contributed by atoms with Crippen LogP contribution < -0.4 is 15.4 Å². The van der Waals surface area contributed by atoms with E-state index in [-0.39, 0.29) is 23.7 Å². The summed E-state index contributed by atoms with van der Waals surface area (Å²) in [6.45, 7) is 7.66. The smallest absolute Gasteiger partial charge is 0.220 e. The van der Waals surface area contributed by atoms with E-state index in [1.807, 2.05) is 12.1 Å². The predicted molar refractivity (Wildman–Crippen MR) is 108 cm³/mol. The number of carbonyl (C=O) groups is 1. The van der Waals surface area contributed by atoms with Gasteiger partial charge in [-0.2, -0.15) is 0 Å². The fraction of sp³-hybridized carbons (Fsp3) is 0.667. The highest BCUT2D eigenvalue weighted by Crippen LogP contribution is 2.32. The van der Waals surface area contributed by atoms with Crippen molar-refractivity contribution in [1.82, 2.24) is 10.6 Å². The number of hydrogen-bond donors (Lipinski definition) is 2. The van der Waals surface area contributed by atoms with E-state index in [2.05, 4.69) is 43.5 Å². The van der Waals surface area contributed by atoms with Crippen LogP contribution in [0.25, 0.3) is 0 Å². The lowest BCUT2D eigenvalue weighted by Crippen LogP contribution is -2.40. The molecule has 5 heteroatoms. The molecule has 4 nitrogen and oxygen atoms in total. The average molecular weight is 381 g/mol. The number of rotatable bonds is 6. The fourth-order valence-corrected chi connectivity index (χ4v) is 4.09. The zero-order chi connectivity index (χ0) is 17.9. The maximum Gasteiger partial charge on any atom is 0.220 e. The van der Waals surface area contributed by atoms with Crippen molar-refractivity contribution in [3.05, 3.63) is 29.8 Å². The maximum atomic E-state index is 12.2. The van der Waals surface area contributed by atoms with Gasteiger partial charge in [-0.1, -0.05) is 32.9 Å². The fourth-order valence-electron chi connectivity index (χ4n) is 4.09. The minimum atomic E-state index is 0. The molecule has 146 valence electrons. The minimum Gasteiger partial charge on any atom is -0.492 e. The summed E-state index contributed by atoms with van der Waals surface area (Å²) >= 11 is 0. The van der Waals surface area contributed by atoms with Gasteiger partial charge in [0.2, 0.25) is 5.91 Å². The highest BCUT2D eigenvalue weighted by molar-refractivity contribution is 5.85.